The van der Waals surface area contributed by atoms with Gasteiger partial charge in [-0.2, -0.15) is 5.10 Å². The van der Waals surface area contributed by atoms with Gasteiger partial charge in [0.25, 0.3) is 5.56 Å². The second-order valence-corrected chi connectivity index (χ2v) is 8.08. The summed E-state index contributed by atoms with van der Waals surface area (Å²) >= 11 is 1.66. The molecule has 9 heteroatoms. The molecule has 0 atom stereocenters. The average Bonchev–Trinajstić information content (AvgIpc) is 3.43. The van der Waals surface area contributed by atoms with E-state index in [4.69, 9.17) is 0 Å². The lowest BCUT2D eigenvalue weighted by atomic mass is 9.97. The van der Waals surface area contributed by atoms with Crippen molar-refractivity contribution in [3.8, 4) is 5.82 Å². The lowest BCUT2D eigenvalue weighted by Crippen LogP contribution is -2.36. The fraction of sp³-hybridized carbons (Fsp3) is 0.368. The summed E-state index contributed by atoms with van der Waals surface area (Å²) in [5.74, 6) is 1.13. The molecular weight excluding hydrogens is 374 g/mol. The molecule has 0 amide bonds. The largest absolute Gasteiger partial charge is 0.297 e. The lowest BCUT2D eigenvalue weighted by molar-refractivity contribution is 0.162. The Morgan fingerprint density at radius 1 is 1.18 bits per heavy atom. The predicted molar refractivity (Wildman–Crippen MR) is 107 cm³/mol. The van der Waals surface area contributed by atoms with Gasteiger partial charge in [0.1, 0.15) is 0 Å². The first kappa shape index (κ1) is 17.3. The third-order valence-corrected chi connectivity index (χ3v) is 6.03. The SMILES string of the molecule is O=c1ccc(-n2cccn2)nn1CC1CCN(Cc2cn3ccsc3n2)CC1. The van der Waals surface area contributed by atoms with Gasteiger partial charge in [-0.3, -0.25) is 14.1 Å². The molecule has 0 unspecified atom stereocenters. The summed E-state index contributed by atoms with van der Waals surface area (Å²) in [6.07, 6.45) is 9.81. The molecule has 1 aliphatic rings. The summed E-state index contributed by atoms with van der Waals surface area (Å²) in [5, 5.41) is 10.7. The highest BCUT2D eigenvalue weighted by Crippen LogP contribution is 2.21. The minimum Gasteiger partial charge on any atom is -0.297 e. The maximum absolute atomic E-state index is 12.2. The molecule has 1 aliphatic heterocycles. The molecule has 5 heterocycles. The summed E-state index contributed by atoms with van der Waals surface area (Å²) < 4.78 is 5.34. The van der Waals surface area contributed by atoms with E-state index in [9.17, 15) is 4.79 Å². The van der Waals surface area contributed by atoms with E-state index in [1.54, 1.807) is 39.0 Å². The van der Waals surface area contributed by atoms with Crippen LogP contribution < -0.4 is 5.56 Å². The molecule has 0 aromatic carbocycles. The minimum absolute atomic E-state index is 0.0589. The van der Waals surface area contributed by atoms with Crippen molar-refractivity contribution in [2.45, 2.75) is 25.9 Å². The van der Waals surface area contributed by atoms with Crippen molar-refractivity contribution in [3.63, 3.8) is 0 Å². The summed E-state index contributed by atoms with van der Waals surface area (Å²) in [6, 6.07) is 5.13. The Balaban J connectivity index is 1.21. The summed E-state index contributed by atoms with van der Waals surface area (Å²) in [4.78, 5) is 20.4. The van der Waals surface area contributed by atoms with Crippen LogP contribution in [-0.2, 0) is 13.1 Å². The molecule has 4 aromatic rings. The third kappa shape index (κ3) is 3.50. The van der Waals surface area contributed by atoms with Crippen molar-refractivity contribution in [1.82, 2.24) is 33.8 Å². The molecule has 1 fully saturated rings. The Morgan fingerprint density at radius 2 is 2.07 bits per heavy atom. The fourth-order valence-electron chi connectivity index (χ4n) is 3.75. The van der Waals surface area contributed by atoms with Gasteiger partial charge in [-0.15, -0.1) is 16.4 Å². The number of imidazole rings is 1. The maximum atomic E-state index is 12.2. The zero-order valence-corrected chi connectivity index (χ0v) is 16.2. The van der Waals surface area contributed by atoms with Crippen LogP contribution in [-0.4, -0.2) is 46.9 Å². The summed E-state index contributed by atoms with van der Waals surface area (Å²) in [5.41, 5.74) is 1.06. The fourth-order valence-corrected chi connectivity index (χ4v) is 4.47. The second-order valence-electron chi connectivity index (χ2n) is 7.21. The van der Waals surface area contributed by atoms with E-state index >= 15 is 0 Å². The molecule has 1 saturated heterocycles. The van der Waals surface area contributed by atoms with E-state index in [-0.39, 0.29) is 5.56 Å². The monoisotopic (exact) mass is 395 g/mol. The van der Waals surface area contributed by atoms with Gasteiger partial charge in [0.05, 0.1) is 5.69 Å². The second kappa shape index (κ2) is 7.33. The van der Waals surface area contributed by atoms with Crippen molar-refractivity contribution >= 4 is 16.3 Å². The lowest BCUT2D eigenvalue weighted by Gasteiger charge is -2.31. The molecule has 0 saturated carbocycles. The average molecular weight is 395 g/mol. The van der Waals surface area contributed by atoms with E-state index in [2.05, 4.69) is 36.1 Å². The van der Waals surface area contributed by atoms with E-state index in [1.165, 1.54) is 0 Å². The van der Waals surface area contributed by atoms with Crippen LogP contribution in [0, 0.1) is 5.92 Å². The molecule has 8 nitrogen and oxygen atoms in total. The molecule has 0 bridgehead atoms. The Morgan fingerprint density at radius 3 is 2.86 bits per heavy atom. The van der Waals surface area contributed by atoms with E-state index < -0.39 is 0 Å². The molecular formula is C19H21N7OS. The number of hydrogen-bond donors (Lipinski definition) is 0. The van der Waals surface area contributed by atoms with Crippen LogP contribution in [0.15, 0.2) is 53.2 Å². The standard InChI is InChI=1S/C19H21N7OS/c27-18-3-2-17(25-7-1-6-20-25)22-26(18)12-15-4-8-23(9-5-15)13-16-14-24-10-11-28-19(24)21-16/h1-3,6-7,10-11,14-15H,4-5,8-9,12-13H2. The van der Waals surface area contributed by atoms with Crippen molar-refractivity contribution < 1.29 is 0 Å². The first-order valence-electron chi connectivity index (χ1n) is 9.46. The van der Waals surface area contributed by atoms with Crippen LogP contribution >= 0.6 is 11.3 Å². The predicted octanol–water partition coefficient (Wildman–Crippen LogP) is 2.05. The van der Waals surface area contributed by atoms with Gasteiger partial charge in [0, 0.05) is 49.3 Å². The van der Waals surface area contributed by atoms with Gasteiger partial charge in [0.2, 0.25) is 0 Å². The highest BCUT2D eigenvalue weighted by Gasteiger charge is 2.21. The van der Waals surface area contributed by atoms with Gasteiger partial charge in [-0.1, -0.05) is 0 Å². The Kier molecular flexibility index (Phi) is 4.53. The van der Waals surface area contributed by atoms with Crippen molar-refractivity contribution in [3.05, 3.63) is 64.4 Å². The topological polar surface area (TPSA) is 73.2 Å². The Labute approximate surface area is 165 Å². The number of piperidine rings is 1. The third-order valence-electron chi connectivity index (χ3n) is 5.26. The molecule has 0 radical (unpaired) electrons. The Bertz CT molecular complexity index is 1090. The van der Waals surface area contributed by atoms with E-state index in [0.29, 0.717) is 18.3 Å². The first-order valence-corrected chi connectivity index (χ1v) is 10.3. The van der Waals surface area contributed by atoms with Crippen LogP contribution in [0.3, 0.4) is 0 Å². The molecule has 0 spiro atoms. The molecule has 0 N–H and O–H groups in total. The highest BCUT2D eigenvalue weighted by atomic mass is 32.1. The van der Waals surface area contributed by atoms with E-state index in [1.807, 2.05) is 18.5 Å². The number of nitrogens with zero attached hydrogens (tertiary/aromatic N) is 7. The zero-order valence-electron chi connectivity index (χ0n) is 15.4. The molecule has 5 rings (SSSR count). The molecule has 0 aliphatic carbocycles. The van der Waals surface area contributed by atoms with Crippen LogP contribution in [0.5, 0.6) is 0 Å². The highest BCUT2D eigenvalue weighted by molar-refractivity contribution is 7.15. The van der Waals surface area contributed by atoms with Crippen LogP contribution in [0.25, 0.3) is 10.8 Å². The zero-order chi connectivity index (χ0) is 18.9. The van der Waals surface area contributed by atoms with Crippen LogP contribution in [0.1, 0.15) is 18.5 Å². The maximum Gasteiger partial charge on any atom is 0.266 e. The van der Waals surface area contributed by atoms with Gasteiger partial charge in [0.15, 0.2) is 10.8 Å². The van der Waals surface area contributed by atoms with Crippen molar-refractivity contribution in [2.24, 2.45) is 5.92 Å². The van der Waals surface area contributed by atoms with Gasteiger partial charge < -0.3 is 0 Å². The number of aromatic nitrogens is 6. The molecule has 4 aromatic heterocycles. The normalized spacial score (nSPS) is 16.1. The molecule has 144 valence electrons. The van der Waals surface area contributed by atoms with Crippen molar-refractivity contribution in [2.75, 3.05) is 13.1 Å². The van der Waals surface area contributed by atoms with Gasteiger partial charge in [-0.25, -0.2) is 14.3 Å². The number of likely N-dealkylation sites (tertiary alicyclic amines) is 1. The van der Waals surface area contributed by atoms with Gasteiger partial charge in [-0.05, 0) is 44.0 Å². The Hall–Kier alpha value is -2.78. The number of hydrogen-bond acceptors (Lipinski definition) is 6. The van der Waals surface area contributed by atoms with Crippen LogP contribution in [0.2, 0.25) is 0 Å². The van der Waals surface area contributed by atoms with Gasteiger partial charge >= 0.3 is 0 Å². The minimum atomic E-state index is -0.0589. The molecule has 28 heavy (non-hydrogen) atoms. The number of thiazole rings is 1. The number of fused-ring (bicyclic) bond motifs is 1. The van der Waals surface area contributed by atoms with E-state index in [0.717, 1.165) is 43.1 Å². The first-order chi connectivity index (χ1) is 13.7. The van der Waals surface area contributed by atoms with Crippen molar-refractivity contribution in [1.29, 1.82) is 0 Å². The number of rotatable bonds is 5. The summed E-state index contributed by atoms with van der Waals surface area (Å²) in [7, 11) is 0. The van der Waals surface area contributed by atoms with Crippen LogP contribution in [0.4, 0.5) is 0 Å². The summed E-state index contributed by atoms with van der Waals surface area (Å²) in [6.45, 7) is 3.57. The smallest absolute Gasteiger partial charge is 0.266 e. The quantitative estimate of drug-likeness (QED) is 0.517.